The summed E-state index contributed by atoms with van der Waals surface area (Å²) in [6.45, 7) is 3.81. The van der Waals surface area contributed by atoms with Crippen LogP contribution in [0.5, 0.6) is 11.5 Å². The monoisotopic (exact) mass is 402 g/mol. The molecule has 150 valence electrons. The maximum absolute atomic E-state index is 10.3. The molecule has 0 spiro atoms. The van der Waals surface area contributed by atoms with E-state index in [9.17, 15) is 10.4 Å². The molecule has 3 heterocycles. The number of nitriles is 1. The van der Waals surface area contributed by atoms with E-state index in [-0.39, 0.29) is 23.3 Å². The number of hydrogen-bond acceptors (Lipinski definition) is 7. The van der Waals surface area contributed by atoms with Gasteiger partial charge in [-0.2, -0.15) is 5.26 Å². The molecule has 1 N–H and O–H groups in total. The van der Waals surface area contributed by atoms with Crippen LogP contribution in [0.4, 0.5) is 5.88 Å². The minimum atomic E-state index is -0.00901. The predicted molar refractivity (Wildman–Crippen MR) is 110 cm³/mol. The smallest absolute Gasteiger partial charge is 0.238 e. The first-order chi connectivity index (χ1) is 14.6. The van der Waals surface area contributed by atoms with Crippen LogP contribution in [0, 0.1) is 11.3 Å². The lowest BCUT2D eigenvalue weighted by atomic mass is 10.1. The summed E-state index contributed by atoms with van der Waals surface area (Å²) in [5.74, 6) is 1.87. The summed E-state index contributed by atoms with van der Waals surface area (Å²) < 4.78 is 22.4. The molecule has 0 unspecified atom stereocenters. The fourth-order valence-electron chi connectivity index (χ4n) is 2.96. The Bertz CT molecular complexity index is 1210. The van der Waals surface area contributed by atoms with Crippen molar-refractivity contribution in [2.24, 2.45) is 4.99 Å². The lowest BCUT2D eigenvalue weighted by Gasteiger charge is -2.10. The first-order valence-corrected chi connectivity index (χ1v) is 9.25. The number of furan rings is 3. The van der Waals surface area contributed by atoms with Gasteiger partial charge in [0.1, 0.15) is 28.9 Å². The molecule has 0 fully saturated rings. The molecule has 4 rings (SSSR count). The van der Waals surface area contributed by atoms with Crippen LogP contribution in [-0.4, -0.2) is 17.4 Å². The molecule has 0 atom stereocenters. The maximum atomic E-state index is 10.3. The van der Waals surface area contributed by atoms with Gasteiger partial charge in [0.15, 0.2) is 11.5 Å². The van der Waals surface area contributed by atoms with Crippen LogP contribution in [0.3, 0.4) is 0 Å². The van der Waals surface area contributed by atoms with Gasteiger partial charge in [-0.25, -0.2) is 4.99 Å². The van der Waals surface area contributed by atoms with Crippen LogP contribution in [0.15, 0.2) is 73.2 Å². The Labute approximate surface area is 172 Å². The Hall–Kier alpha value is -4.18. The number of benzene rings is 1. The minimum absolute atomic E-state index is 0.000482. The molecule has 7 heteroatoms. The SMILES string of the molecule is CC(C)Oc1ccc(C=Nc2oc(-c3ccco3)c(-c3ccco3)c2C#N)c(O)c1. The van der Waals surface area contributed by atoms with Crippen molar-refractivity contribution < 1.29 is 23.1 Å². The molecule has 0 saturated carbocycles. The molecule has 0 radical (unpaired) electrons. The van der Waals surface area contributed by atoms with Crippen LogP contribution in [0.1, 0.15) is 25.0 Å². The highest BCUT2D eigenvalue weighted by atomic mass is 16.5. The molecule has 0 aliphatic rings. The highest BCUT2D eigenvalue weighted by Gasteiger charge is 2.26. The van der Waals surface area contributed by atoms with Gasteiger partial charge in [0, 0.05) is 17.8 Å². The van der Waals surface area contributed by atoms with Gasteiger partial charge < -0.3 is 23.1 Å². The molecule has 0 amide bonds. The fraction of sp³-hybridized carbons (Fsp3) is 0.130. The van der Waals surface area contributed by atoms with Gasteiger partial charge in [0.2, 0.25) is 5.88 Å². The fourth-order valence-corrected chi connectivity index (χ4v) is 2.96. The Morgan fingerprint density at radius 2 is 1.83 bits per heavy atom. The Morgan fingerprint density at radius 1 is 1.10 bits per heavy atom. The normalized spacial score (nSPS) is 11.3. The second-order valence-corrected chi connectivity index (χ2v) is 6.70. The number of ether oxygens (including phenoxy) is 1. The maximum Gasteiger partial charge on any atom is 0.238 e. The molecule has 4 aromatic rings. The molecule has 0 saturated heterocycles. The zero-order chi connectivity index (χ0) is 21.1. The van der Waals surface area contributed by atoms with Gasteiger partial charge in [-0.05, 0) is 50.2 Å². The molecule has 3 aromatic heterocycles. The number of aromatic hydroxyl groups is 1. The molecule has 0 aliphatic heterocycles. The molecule has 30 heavy (non-hydrogen) atoms. The third kappa shape index (κ3) is 3.71. The summed E-state index contributed by atoms with van der Waals surface area (Å²) in [5.41, 5.74) is 1.10. The van der Waals surface area contributed by atoms with Crippen molar-refractivity contribution >= 4 is 12.1 Å². The molecule has 7 nitrogen and oxygen atoms in total. The van der Waals surface area contributed by atoms with Crippen molar-refractivity contribution in [2.75, 3.05) is 0 Å². The minimum Gasteiger partial charge on any atom is -0.507 e. The van der Waals surface area contributed by atoms with Gasteiger partial charge in [0.25, 0.3) is 0 Å². The first-order valence-electron chi connectivity index (χ1n) is 9.25. The summed E-state index contributed by atoms with van der Waals surface area (Å²) >= 11 is 0. The van der Waals surface area contributed by atoms with E-state index in [1.807, 2.05) is 13.8 Å². The molecule has 0 aliphatic carbocycles. The van der Waals surface area contributed by atoms with E-state index >= 15 is 0 Å². The first kappa shape index (κ1) is 19.2. The third-order valence-corrected chi connectivity index (χ3v) is 4.21. The van der Waals surface area contributed by atoms with Gasteiger partial charge in [-0.15, -0.1) is 0 Å². The van der Waals surface area contributed by atoms with Crippen molar-refractivity contribution in [3.05, 3.63) is 66.1 Å². The Balaban J connectivity index is 1.75. The van der Waals surface area contributed by atoms with E-state index in [1.54, 1.807) is 36.4 Å². The van der Waals surface area contributed by atoms with Crippen molar-refractivity contribution in [2.45, 2.75) is 20.0 Å². The second-order valence-electron chi connectivity index (χ2n) is 6.70. The number of rotatable bonds is 6. The zero-order valence-corrected chi connectivity index (χ0v) is 16.3. The number of phenolic OH excluding ortho intramolecular Hbond substituents is 1. The number of nitrogens with zero attached hydrogens (tertiary/aromatic N) is 2. The molecular formula is C23H18N2O5. The van der Waals surface area contributed by atoms with Gasteiger partial charge in [-0.3, -0.25) is 0 Å². The predicted octanol–water partition coefficient (Wildman–Crippen LogP) is 5.91. The quantitative estimate of drug-likeness (QED) is 0.402. The largest absolute Gasteiger partial charge is 0.507 e. The highest BCUT2D eigenvalue weighted by molar-refractivity contribution is 5.89. The Morgan fingerprint density at radius 3 is 2.43 bits per heavy atom. The summed E-state index contributed by atoms with van der Waals surface area (Å²) in [4.78, 5) is 4.30. The van der Waals surface area contributed by atoms with Crippen molar-refractivity contribution in [3.63, 3.8) is 0 Å². The summed E-state index contributed by atoms with van der Waals surface area (Å²) in [6.07, 6.45) is 4.44. The summed E-state index contributed by atoms with van der Waals surface area (Å²) in [5, 5.41) is 20.0. The summed E-state index contributed by atoms with van der Waals surface area (Å²) in [6, 6.07) is 13.9. The second kappa shape index (κ2) is 8.05. The number of phenols is 1. The third-order valence-electron chi connectivity index (χ3n) is 4.21. The Kier molecular flexibility index (Phi) is 5.14. The van der Waals surface area contributed by atoms with Crippen molar-refractivity contribution in [3.8, 4) is 40.4 Å². The van der Waals surface area contributed by atoms with E-state index in [0.717, 1.165) is 0 Å². The number of aliphatic imine (C=N–C) groups is 1. The van der Waals surface area contributed by atoms with Crippen LogP contribution in [-0.2, 0) is 0 Å². The highest BCUT2D eigenvalue weighted by Crippen LogP contribution is 2.42. The topological polar surface area (TPSA) is 105 Å². The van der Waals surface area contributed by atoms with Crippen LogP contribution < -0.4 is 4.74 Å². The molecular weight excluding hydrogens is 384 g/mol. The standard InChI is InChI=1S/C23H18N2O5/c1-14(2)29-16-8-7-15(18(26)11-16)13-25-23-17(12-24)21(19-5-3-9-27-19)22(30-23)20-6-4-10-28-20/h3-11,13-14,26H,1-2H3. The molecule has 0 bridgehead atoms. The molecule has 1 aromatic carbocycles. The van der Waals surface area contributed by atoms with Crippen molar-refractivity contribution in [1.82, 2.24) is 0 Å². The van der Waals surface area contributed by atoms with Crippen LogP contribution in [0.25, 0.3) is 22.8 Å². The zero-order valence-electron chi connectivity index (χ0n) is 16.3. The van der Waals surface area contributed by atoms with E-state index in [4.69, 9.17) is 18.0 Å². The number of hydrogen-bond donors (Lipinski definition) is 1. The van der Waals surface area contributed by atoms with Crippen LogP contribution >= 0.6 is 0 Å². The van der Waals surface area contributed by atoms with Gasteiger partial charge >= 0.3 is 0 Å². The van der Waals surface area contributed by atoms with E-state index in [2.05, 4.69) is 11.1 Å². The average Bonchev–Trinajstić information content (AvgIpc) is 3.46. The lowest BCUT2D eigenvalue weighted by Crippen LogP contribution is -2.05. The average molecular weight is 402 g/mol. The van der Waals surface area contributed by atoms with Gasteiger partial charge in [0.05, 0.1) is 24.2 Å². The van der Waals surface area contributed by atoms with Crippen molar-refractivity contribution in [1.29, 1.82) is 5.26 Å². The summed E-state index contributed by atoms with van der Waals surface area (Å²) in [7, 11) is 0. The van der Waals surface area contributed by atoms with E-state index in [0.29, 0.717) is 34.2 Å². The van der Waals surface area contributed by atoms with E-state index in [1.165, 1.54) is 24.8 Å². The van der Waals surface area contributed by atoms with E-state index < -0.39 is 0 Å². The lowest BCUT2D eigenvalue weighted by molar-refractivity contribution is 0.241. The van der Waals surface area contributed by atoms with Gasteiger partial charge in [-0.1, -0.05) is 0 Å². The van der Waals surface area contributed by atoms with Crippen LogP contribution in [0.2, 0.25) is 0 Å².